The number of carbonyl (C=O) groups is 1. The van der Waals surface area contributed by atoms with Gasteiger partial charge in [0.05, 0.1) is 7.11 Å². The van der Waals surface area contributed by atoms with Crippen LogP contribution in [0.15, 0.2) is 48.5 Å². The number of hydrogen-bond acceptors (Lipinski definition) is 2. The molecule has 0 spiro atoms. The van der Waals surface area contributed by atoms with Gasteiger partial charge in [0, 0.05) is 11.5 Å². The highest BCUT2D eigenvalue weighted by atomic mass is 16.5. The molecular formula is C17H18O2. The summed E-state index contributed by atoms with van der Waals surface area (Å²) in [6.07, 6.45) is 0. The summed E-state index contributed by atoms with van der Waals surface area (Å²) in [5, 5.41) is 0. The zero-order chi connectivity index (χ0) is 13.8. The van der Waals surface area contributed by atoms with E-state index in [2.05, 4.69) is 0 Å². The van der Waals surface area contributed by atoms with Gasteiger partial charge in [-0.3, -0.25) is 4.79 Å². The van der Waals surface area contributed by atoms with Crippen LogP contribution in [0.3, 0.4) is 0 Å². The standard InChI is InChI=1S/C17H18O2/c1-12(2)17(18)15-6-4-5-14(11-15)13-7-9-16(19-3)10-8-13/h4-12H,1-3H3. The average molecular weight is 254 g/mol. The molecule has 0 aromatic heterocycles. The van der Waals surface area contributed by atoms with E-state index < -0.39 is 0 Å². The first-order chi connectivity index (χ1) is 9.11. The second-order valence-corrected chi connectivity index (χ2v) is 4.83. The maximum absolute atomic E-state index is 12.0. The van der Waals surface area contributed by atoms with E-state index in [-0.39, 0.29) is 11.7 Å². The van der Waals surface area contributed by atoms with Crippen LogP contribution in [0.5, 0.6) is 5.75 Å². The zero-order valence-electron chi connectivity index (χ0n) is 11.5. The molecule has 2 aromatic rings. The fourth-order valence-corrected chi connectivity index (χ4v) is 1.97. The van der Waals surface area contributed by atoms with Crippen molar-refractivity contribution < 1.29 is 9.53 Å². The first kappa shape index (κ1) is 13.3. The Morgan fingerprint density at radius 2 is 1.68 bits per heavy atom. The Morgan fingerprint density at radius 3 is 2.26 bits per heavy atom. The molecule has 0 radical (unpaired) electrons. The van der Waals surface area contributed by atoms with Gasteiger partial charge < -0.3 is 4.74 Å². The monoisotopic (exact) mass is 254 g/mol. The predicted octanol–water partition coefficient (Wildman–Crippen LogP) is 4.20. The van der Waals surface area contributed by atoms with E-state index in [0.29, 0.717) is 0 Å². The number of Topliss-reactive ketones (excluding diaryl/α,β-unsaturated/α-hetero) is 1. The van der Waals surface area contributed by atoms with Gasteiger partial charge in [-0.05, 0) is 29.3 Å². The maximum Gasteiger partial charge on any atom is 0.165 e. The molecule has 0 bridgehead atoms. The van der Waals surface area contributed by atoms with E-state index >= 15 is 0 Å². The van der Waals surface area contributed by atoms with Crippen LogP contribution in [0.25, 0.3) is 11.1 Å². The molecule has 0 heterocycles. The van der Waals surface area contributed by atoms with Crippen molar-refractivity contribution in [3.63, 3.8) is 0 Å². The second-order valence-electron chi connectivity index (χ2n) is 4.83. The van der Waals surface area contributed by atoms with E-state index in [1.54, 1.807) is 7.11 Å². The molecule has 0 unspecified atom stereocenters. The van der Waals surface area contributed by atoms with Gasteiger partial charge in [0.15, 0.2) is 5.78 Å². The minimum atomic E-state index is 0.0196. The summed E-state index contributed by atoms with van der Waals surface area (Å²) in [5.41, 5.74) is 2.90. The molecule has 98 valence electrons. The molecule has 2 heteroatoms. The summed E-state index contributed by atoms with van der Waals surface area (Å²) in [7, 11) is 1.65. The molecule has 0 aliphatic heterocycles. The fraction of sp³-hybridized carbons (Fsp3) is 0.235. The van der Waals surface area contributed by atoms with E-state index in [9.17, 15) is 4.79 Å². The molecule has 0 fully saturated rings. The van der Waals surface area contributed by atoms with Gasteiger partial charge in [-0.15, -0.1) is 0 Å². The van der Waals surface area contributed by atoms with Crippen LogP contribution in [-0.2, 0) is 0 Å². The number of carbonyl (C=O) groups excluding carboxylic acids is 1. The molecule has 0 atom stereocenters. The summed E-state index contributed by atoms with van der Waals surface area (Å²) in [4.78, 5) is 12.0. The minimum absolute atomic E-state index is 0.0196. The van der Waals surface area contributed by atoms with Crippen LogP contribution in [-0.4, -0.2) is 12.9 Å². The van der Waals surface area contributed by atoms with E-state index in [1.165, 1.54) is 0 Å². The largest absolute Gasteiger partial charge is 0.497 e. The Morgan fingerprint density at radius 1 is 1.00 bits per heavy atom. The summed E-state index contributed by atoms with van der Waals surface area (Å²) < 4.78 is 5.14. The van der Waals surface area contributed by atoms with Crippen LogP contribution in [0.2, 0.25) is 0 Å². The highest BCUT2D eigenvalue weighted by Gasteiger charge is 2.10. The van der Waals surface area contributed by atoms with Crippen molar-refractivity contribution in [3.05, 3.63) is 54.1 Å². The lowest BCUT2D eigenvalue weighted by Gasteiger charge is -2.08. The normalized spacial score (nSPS) is 10.5. The van der Waals surface area contributed by atoms with Gasteiger partial charge in [0.25, 0.3) is 0 Å². The molecule has 2 nitrogen and oxygen atoms in total. The van der Waals surface area contributed by atoms with E-state index in [0.717, 1.165) is 22.4 Å². The Hall–Kier alpha value is -2.09. The topological polar surface area (TPSA) is 26.3 Å². The van der Waals surface area contributed by atoms with Crippen LogP contribution in [0.4, 0.5) is 0 Å². The molecule has 0 aliphatic carbocycles. The number of benzene rings is 2. The SMILES string of the molecule is COc1ccc(-c2cccc(C(=O)C(C)C)c2)cc1. The molecule has 0 N–H and O–H groups in total. The zero-order valence-corrected chi connectivity index (χ0v) is 11.5. The molecule has 0 aliphatic rings. The van der Waals surface area contributed by atoms with Gasteiger partial charge in [-0.2, -0.15) is 0 Å². The lowest BCUT2D eigenvalue weighted by Crippen LogP contribution is -2.07. The van der Waals surface area contributed by atoms with Crippen LogP contribution in [0.1, 0.15) is 24.2 Å². The Labute approximate surface area is 114 Å². The predicted molar refractivity (Wildman–Crippen MR) is 77.6 cm³/mol. The first-order valence-corrected chi connectivity index (χ1v) is 6.40. The molecule has 0 saturated heterocycles. The van der Waals surface area contributed by atoms with Gasteiger partial charge in [-0.25, -0.2) is 0 Å². The van der Waals surface area contributed by atoms with Crippen molar-refractivity contribution in [2.75, 3.05) is 7.11 Å². The molecule has 0 saturated carbocycles. The second kappa shape index (κ2) is 5.70. The van der Waals surface area contributed by atoms with Gasteiger partial charge in [-0.1, -0.05) is 44.2 Å². The summed E-state index contributed by atoms with van der Waals surface area (Å²) in [6, 6.07) is 15.6. The van der Waals surface area contributed by atoms with Crippen molar-refractivity contribution in [2.45, 2.75) is 13.8 Å². The molecule has 19 heavy (non-hydrogen) atoms. The number of ketones is 1. The lowest BCUT2D eigenvalue weighted by atomic mass is 9.97. The van der Waals surface area contributed by atoms with Crippen molar-refractivity contribution in [3.8, 4) is 16.9 Å². The summed E-state index contributed by atoms with van der Waals surface area (Å²) >= 11 is 0. The third kappa shape index (κ3) is 3.02. The van der Waals surface area contributed by atoms with E-state index in [4.69, 9.17) is 4.74 Å². The molecule has 2 rings (SSSR count). The molecular weight excluding hydrogens is 236 g/mol. The molecule has 2 aromatic carbocycles. The quantitative estimate of drug-likeness (QED) is 0.764. The van der Waals surface area contributed by atoms with Gasteiger partial charge in [0.2, 0.25) is 0 Å². The summed E-state index contributed by atoms with van der Waals surface area (Å²) in [5.74, 6) is 1.03. The Balaban J connectivity index is 2.34. The van der Waals surface area contributed by atoms with Crippen molar-refractivity contribution in [1.29, 1.82) is 0 Å². The fourth-order valence-electron chi connectivity index (χ4n) is 1.97. The average Bonchev–Trinajstić information content (AvgIpc) is 2.46. The van der Waals surface area contributed by atoms with Gasteiger partial charge in [0.1, 0.15) is 5.75 Å². The van der Waals surface area contributed by atoms with E-state index in [1.807, 2.05) is 62.4 Å². The highest BCUT2D eigenvalue weighted by molar-refractivity contribution is 5.98. The Kier molecular flexibility index (Phi) is 4.00. The van der Waals surface area contributed by atoms with Crippen molar-refractivity contribution >= 4 is 5.78 Å². The smallest absolute Gasteiger partial charge is 0.165 e. The van der Waals surface area contributed by atoms with Gasteiger partial charge >= 0.3 is 0 Å². The number of rotatable bonds is 4. The Bertz CT molecular complexity index is 568. The minimum Gasteiger partial charge on any atom is -0.497 e. The molecule has 0 amide bonds. The highest BCUT2D eigenvalue weighted by Crippen LogP contribution is 2.24. The number of ether oxygens (including phenoxy) is 1. The third-order valence-electron chi connectivity index (χ3n) is 3.09. The maximum atomic E-state index is 12.0. The number of hydrogen-bond donors (Lipinski definition) is 0. The van der Waals surface area contributed by atoms with Crippen LogP contribution < -0.4 is 4.74 Å². The van der Waals surface area contributed by atoms with Crippen molar-refractivity contribution in [2.24, 2.45) is 5.92 Å². The third-order valence-corrected chi connectivity index (χ3v) is 3.09. The summed E-state index contributed by atoms with van der Waals surface area (Å²) in [6.45, 7) is 3.84. The lowest BCUT2D eigenvalue weighted by molar-refractivity contribution is 0.0939. The number of methoxy groups -OCH3 is 1. The first-order valence-electron chi connectivity index (χ1n) is 6.40. The van der Waals surface area contributed by atoms with Crippen LogP contribution >= 0.6 is 0 Å². The van der Waals surface area contributed by atoms with Crippen LogP contribution in [0, 0.1) is 5.92 Å². The van der Waals surface area contributed by atoms with Crippen molar-refractivity contribution in [1.82, 2.24) is 0 Å².